The lowest BCUT2D eigenvalue weighted by Crippen LogP contribution is -2.77. The van der Waals surface area contributed by atoms with Crippen molar-refractivity contribution in [2.45, 2.75) is 30.8 Å². The number of hydrogen-bond donors (Lipinski definition) is 0. The maximum atomic E-state index is 2.81. The van der Waals surface area contributed by atoms with Crippen LogP contribution < -0.4 is 9.13 Å². The first-order valence-corrected chi connectivity index (χ1v) is 15.6. The Hall–Kier alpha value is -5.08. The highest BCUT2D eigenvalue weighted by Crippen LogP contribution is 2.58. The topological polar surface area (TPSA) is 7.76 Å². The van der Waals surface area contributed by atoms with Gasteiger partial charge in [-0.1, -0.05) is 91.0 Å². The Morgan fingerprint density at radius 3 is 1.81 bits per heavy atom. The number of nitrogens with zero attached hydrogens (tertiary/aromatic N) is 2. The van der Waals surface area contributed by atoms with Gasteiger partial charge in [-0.25, -0.2) is 0 Å². The number of aromatic nitrogens is 2. The lowest BCUT2D eigenvalue weighted by Gasteiger charge is -2.43. The molecule has 5 aliphatic rings. The van der Waals surface area contributed by atoms with Gasteiger partial charge in [0.1, 0.15) is 11.1 Å². The van der Waals surface area contributed by atoms with Crippen molar-refractivity contribution in [1.82, 2.24) is 0 Å². The normalized spacial score (nSPS) is 20.1. The van der Waals surface area contributed by atoms with E-state index in [1.165, 1.54) is 83.3 Å². The number of rotatable bonds is 0. The van der Waals surface area contributed by atoms with Gasteiger partial charge in [0.2, 0.25) is 0 Å². The maximum absolute atomic E-state index is 2.81. The molecule has 2 atom stereocenters. The van der Waals surface area contributed by atoms with E-state index in [1.54, 1.807) is 11.1 Å². The maximum Gasteiger partial charge on any atom is 0.417 e. The zero-order valence-corrected chi connectivity index (χ0v) is 23.6. The second-order valence-electron chi connectivity index (χ2n) is 13.2. The largest absolute Gasteiger partial charge is 0.417 e. The lowest BCUT2D eigenvalue weighted by atomic mass is 9.60. The summed E-state index contributed by atoms with van der Waals surface area (Å²) in [6.07, 6.45) is 2.91. The third-order valence-corrected chi connectivity index (χ3v) is 11.4. The SMILES string of the molecule is c1ccc2c(c1)Cc1ccc3c4c1C2c1cccc2c1C41[n+]4c(cc5ccccc5c4-c4c5ccccc5cc([n+]41)C3)C2. The monoisotopic (exact) mass is 546 g/mol. The van der Waals surface area contributed by atoms with Gasteiger partial charge in [0.15, 0.2) is 11.4 Å². The minimum absolute atomic E-state index is 0.271. The number of pyridine rings is 2. The van der Waals surface area contributed by atoms with Crippen LogP contribution in [-0.2, 0) is 24.9 Å². The van der Waals surface area contributed by atoms with Gasteiger partial charge in [0, 0.05) is 18.1 Å². The first-order chi connectivity index (χ1) is 21.3. The average molecular weight is 547 g/mol. The van der Waals surface area contributed by atoms with E-state index in [9.17, 15) is 0 Å². The highest BCUT2D eigenvalue weighted by atomic mass is 15.4. The molecule has 2 unspecified atom stereocenters. The van der Waals surface area contributed by atoms with Crippen LogP contribution in [0.4, 0.5) is 0 Å². The molecule has 0 fully saturated rings. The van der Waals surface area contributed by atoms with Gasteiger partial charge < -0.3 is 0 Å². The molecule has 0 saturated heterocycles. The summed E-state index contributed by atoms with van der Waals surface area (Å²) >= 11 is 0. The Kier molecular flexibility index (Phi) is 3.48. The summed E-state index contributed by atoms with van der Waals surface area (Å²) in [7, 11) is 0. The molecule has 1 spiro atoms. The van der Waals surface area contributed by atoms with Gasteiger partial charge in [-0.3, -0.25) is 0 Å². The zero-order chi connectivity index (χ0) is 27.6. The van der Waals surface area contributed by atoms with E-state index in [4.69, 9.17) is 0 Å². The Labute approximate surface area is 249 Å². The molecule has 2 heteroatoms. The molecule has 0 saturated carbocycles. The molecule has 0 radical (unpaired) electrons. The summed E-state index contributed by atoms with van der Waals surface area (Å²) < 4.78 is 5.61. The predicted octanol–water partition coefficient (Wildman–Crippen LogP) is 7.05. The molecular formula is C41H26N2+2. The van der Waals surface area contributed by atoms with Crippen LogP contribution in [0.5, 0.6) is 0 Å². The van der Waals surface area contributed by atoms with Crippen molar-refractivity contribution in [3.63, 3.8) is 0 Å². The van der Waals surface area contributed by atoms with E-state index in [-0.39, 0.29) is 5.92 Å². The summed E-state index contributed by atoms with van der Waals surface area (Å²) in [6.45, 7) is 0. The van der Waals surface area contributed by atoms with E-state index in [2.05, 4.69) is 124 Å². The third kappa shape index (κ3) is 2.20. The fourth-order valence-corrected chi connectivity index (χ4v) is 10.1. The van der Waals surface area contributed by atoms with Crippen LogP contribution in [0.3, 0.4) is 0 Å². The molecule has 3 aliphatic heterocycles. The standard InChI is InChI=1S/C41H26N2/c1-4-12-31-23(8-1)18-26-16-17-28-22-30-20-25-10-3-6-14-33(25)40-39-32-13-5-2-9-24(32)19-29-21-27-11-7-15-34-36(31)35(26)38(28)41(37(27)34,42(29)39)43(30)40/h1-17,19-20,36H,18,21-22H2/q+2. The van der Waals surface area contributed by atoms with Crippen molar-refractivity contribution in [3.05, 3.63) is 177 Å². The molecular weight excluding hydrogens is 520 g/mol. The quantitative estimate of drug-likeness (QED) is 0.180. The molecule has 0 bridgehead atoms. The van der Waals surface area contributed by atoms with Gasteiger partial charge in [0.25, 0.3) is 11.4 Å². The summed E-state index contributed by atoms with van der Waals surface area (Å²) in [5.74, 6) is 0.271. The molecule has 5 heterocycles. The van der Waals surface area contributed by atoms with Gasteiger partial charge >= 0.3 is 5.66 Å². The van der Waals surface area contributed by atoms with E-state index in [1.807, 2.05) is 0 Å². The smallest absolute Gasteiger partial charge is 0.116 e. The molecule has 198 valence electrons. The fourth-order valence-electron chi connectivity index (χ4n) is 10.1. The van der Waals surface area contributed by atoms with Crippen molar-refractivity contribution in [2.75, 3.05) is 0 Å². The van der Waals surface area contributed by atoms with Crippen molar-refractivity contribution in [3.8, 4) is 11.4 Å². The zero-order valence-electron chi connectivity index (χ0n) is 23.6. The predicted molar refractivity (Wildman–Crippen MR) is 168 cm³/mol. The van der Waals surface area contributed by atoms with Crippen molar-refractivity contribution in [1.29, 1.82) is 0 Å². The highest BCUT2D eigenvalue weighted by Gasteiger charge is 2.73. The van der Waals surface area contributed by atoms with Gasteiger partial charge in [-0.05, 0) is 68.3 Å². The Bertz CT molecular complexity index is 2420. The fraction of sp³-hybridized carbons (Fsp3) is 0.122. The molecule has 2 nitrogen and oxygen atoms in total. The van der Waals surface area contributed by atoms with Crippen molar-refractivity contribution >= 4 is 21.5 Å². The molecule has 2 aromatic heterocycles. The van der Waals surface area contributed by atoms with Crippen molar-refractivity contribution < 1.29 is 9.13 Å². The van der Waals surface area contributed by atoms with Crippen LogP contribution in [-0.4, -0.2) is 0 Å². The summed E-state index contributed by atoms with van der Waals surface area (Å²) in [6, 6.07) is 44.5. The van der Waals surface area contributed by atoms with Crippen LogP contribution in [0.25, 0.3) is 32.9 Å². The van der Waals surface area contributed by atoms with Crippen LogP contribution in [0.15, 0.2) is 115 Å². The number of fused-ring (bicyclic) bond motifs is 8. The highest BCUT2D eigenvalue weighted by molar-refractivity contribution is 6.01. The van der Waals surface area contributed by atoms with E-state index >= 15 is 0 Å². The van der Waals surface area contributed by atoms with Gasteiger partial charge in [0.05, 0.1) is 23.6 Å². The Morgan fingerprint density at radius 1 is 0.488 bits per heavy atom. The first-order valence-electron chi connectivity index (χ1n) is 15.6. The second-order valence-corrected chi connectivity index (χ2v) is 13.2. The van der Waals surface area contributed by atoms with Crippen LogP contribution >= 0.6 is 0 Å². The molecule has 2 aliphatic carbocycles. The Morgan fingerprint density at radius 2 is 1.07 bits per heavy atom. The van der Waals surface area contributed by atoms with Gasteiger partial charge in [-0.2, -0.15) is 0 Å². The number of hydrogen-bond acceptors (Lipinski definition) is 0. The van der Waals surface area contributed by atoms with E-state index in [0.29, 0.717) is 0 Å². The average Bonchev–Trinajstić information content (AvgIpc) is 3.38. The molecule has 0 N–H and O–H groups in total. The van der Waals surface area contributed by atoms with Crippen LogP contribution in [0, 0.1) is 0 Å². The summed E-state index contributed by atoms with van der Waals surface area (Å²) in [5.41, 5.74) is 18.8. The van der Waals surface area contributed by atoms with Crippen LogP contribution in [0.2, 0.25) is 0 Å². The van der Waals surface area contributed by atoms with E-state index < -0.39 is 5.66 Å². The number of benzene rings is 5. The molecule has 7 aromatic rings. The first kappa shape index (κ1) is 21.6. The lowest BCUT2D eigenvalue weighted by molar-refractivity contribution is -0.946. The summed E-state index contributed by atoms with van der Waals surface area (Å²) in [5, 5.41) is 5.36. The molecule has 0 amide bonds. The van der Waals surface area contributed by atoms with Crippen LogP contribution in [0.1, 0.15) is 67.4 Å². The van der Waals surface area contributed by atoms with E-state index in [0.717, 1.165) is 19.3 Å². The Balaban J connectivity index is 1.39. The van der Waals surface area contributed by atoms with Gasteiger partial charge in [-0.15, -0.1) is 9.13 Å². The molecule has 5 aromatic carbocycles. The minimum atomic E-state index is -0.421. The molecule has 43 heavy (non-hydrogen) atoms. The summed E-state index contributed by atoms with van der Waals surface area (Å²) in [4.78, 5) is 0. The van der Waals surface area contributed by atoms with Crippen molar-refractivity contribution in [2.24, 2.45) is 0 Å². The minimum Gasteiger partial charge on any atom is -0.116 e. The second kappa shape index (κ2) is 6.93. The third-order valence-electron chi connectivity index (χ3n) is 11.4. The molecule has 12 rings (SSSR count).